The first-order chi connectivity index (χ1) is 14.4. The Kier molecular flexibility index (Phi) is 6.12. The van der Waals surface area contributed by atoms with Gasteiger partial charge in [0.15, 0.2) is 5.78 Å². The largest absolute Gasteiger partial charge is 0.304 e. The van der Waals surface area contributed by atoms with Crippen LogP contribution in [0, 0.1) is 29.0 Å². The highest BCUT2D eigenvalue weighted by Crippen LogP contribution is 2.36. The zero-order chi connectivity index (χ0) is 21.3. The van der Waals surface area contributed by atoms with Crippen LogP contribution < -0.4 is 5.32 Å². The van der Waals surface area contributed by atoms with Crippen LogP contribution in [0.25, 0.3) is 11.1 Å². The van der Waals surface area contributed by atoms with Crippen molar-refractivity contribution >= 4 is 16.6 Å². The van der Waals surface area contributed by atoms with E-state index in [0.717, 1.165) is 35.3 Å². The summed E-state index contributed by atoms with van der Waals surface area (Å²) in [5.41, 5.74) is 2.01. The van der Waals surface area contributed by atoms with Gasteiger partial charge >= 0.3 is 0 Å². The number of nitrogens with one attached hydrogen (secondary N) is 1. The van der Waals surface area contributed by atoms with Crippen LogP contribution in [0.2, 0.25) is 0 Å². The molecule has 2 fully saturated rings. The number of Topliss-reactive ketones (excluding diaryl/α,β-unsaturated/α-hetero) is 1. The summed E-state index contributed by atoms with van der Waals surface area (Å²) in [4.78, 5) is 13.4. The lowest BCUT2D eigenvalue weighted by atomic mass is 9.88. The molecule has 0 radical (unpaired) electrons. The number of hydrogen-bond donors (Lipinski definition) is 1. The highest BCUT2D eigenvalue weighted by molar-refractivity contribution is 7.84. The van der Waals surface area contributed by atoms with E-state index >= 15 is 0 Å². The van der Waals surface area contributed by atoms with E-state index in [2.05, 4.69) is 11.4 Å². The number of carbonyl (C=O) groups excluding carboxylic acids is 1. The predicted octanol–water partition coefficient (Wildman–Crippen LogP) is 4.01. The number of rotatable bonds is 7. The highest BCUT2D eigenvalue weighted by atomic mass is 32.2. The van der Waals surface area contributed by atoms with Gasteiger partial charge in [-0.05, 0) is 66.5 Å². The highest BCUT2D eigenvalue weighted by Gasteiger charge is 2.42. The minimum atomic E-state index is -1.05. The lowest BCUT2D eigenvalue weighted by Crippen LogP contribution is -2.42. The Morgan fingerprint density at radius 3 is 2.53 bits per heavy atom. The fourth-order valence-corrected chi connectivity index (χ4v) is 5.27. The third kappa shape index (κ3) is 4.38. The van der Waals surface area contributed by atoms with Gasteiger partial charge in [-0.2, -0.15) is 5.26 Å². The molecule has 0 aromatic heterocycles. The van der Waals surface area contributed by atoms with Gasteiger partial charge in [-0.15, -0.1) is 0 Å². The van der Waals surface area contributed by atoms with Gasteiger partial charge in [-0.3, -0.25) is 9.00 Å². The van der Waals surface area contributed by atoms with Crippen LogP contribution in [0.15, 0.2) is 47.4 Å². The molecule has 1 aliphatic heterocycles. The summed E-state index contributed by atoms with van der Waals surface area (Å²) in [6, 6.07) is 14.7. The third-order valence-electron chi connectivity index (χ3n) is 6.38. The summed E-state index contributed by atoms with van der Waals surface area (Å²) >= 11 is 0. The van der Waals surface area contributed by atoms with Crippen LogP contribution in [0.4, 0.5) is 4.39 Å². The second-order valence-electron chi connectivity index (χ2n) is 8.40. The van der Waals surface area contributed by atoms with E-state index in [9.17, 15) is 18.7 Å². The van der Waals surface area contributed by atoms with E-state index < -0.39 is 16.7 Å². The maximum Gasteiger partial charge on any atom is 0.151 e. The van der Waals surface area contributed by atoms with Gasteiger partial charge in [0.2, 0.25) is 0 Å². The van der Waals surface area contributed by atoms with Gasteiger partial charge in [0.25, 0.3) is 0 Å². The lowest BCUT2D eigenvalue weighted by molar-refractivity contribution is -0.122. The van der Waals surface area contributed by atoms with Crippen molar-refractivity contribution in [1.82, 2.24) is 5.32 Å². The van der Waals surface area contributed by atoms with Crippen molar-refractivity contribution in [1.29, 1.82) is 5.26 Å². The average molecular weight is 425 g/mol. The van der Waals surface area contributed by atoms with Crippen LogP contribution in [-0.2, 0) is 22.0 Å². The molecule has 156 valence electrons. The Hall–Kier alpha value is -2.36. The SMILES string of the molecule is CS(=O)c1ccc(-c2ccc(C[C@@H](C#N)CC(=O)[C@H]3N[C@@H]4CC[C@H]3C4)c(F)c2)cc1. The Bertz CT molecular complexity index is 1010. The fraction of sp³-hybridized carbons (Fsp3) is 0.417. The van der Waals surface area contributed by atoms with Gasteiger partial charge in [0.05, 0.1) is 18.0 Å². The van der Waals surface area contributed by atoms with Crippen molar-refractivity contribution in [2.75, 3.05) is 6.26 Å². The molecule has 1 N–H and O–H groups in total. The second kappa shape index (κ2) is 8.79. The maximum atomic E-state index is 14.7. The molecule has 1 heterocycles. The number of carbonyl (C=O) groups is 1. The van der Waals surface area contributed by atoms with Gasteiger partial charge < -0.3 is 5.32 Å². The molecule has 4 rings (SSSR count). The summed E-state index contributed by atoms with van der Waals surface area (Å²) in [6.45, 7) is 0. The molecule has 1 saturated carbocycles. The number of hydrogen-bond acceptors (Lipinski definition) is 4. The van der Waals surface area contributed by atoms with Crippen LogP contribution in [-0.4, -0.2) is 28.3 Å². The molecule has 5 atom stereocenters. The molecule has 0 spiro atoms. The first-order valence-corrected chi connectivity index (χ1v) is 11.9. The van der Waals surface area contributed by atoms with E-state index in [-0.39, 0.29) is 30.5 Å². The van der Waals surface area contributed by atoms with Crippen molar-refractivity contribution in [3.05, 3.63) is 53.8 Å². The van der Waals surface area contributed by atoms with E-state index in [1.165, 1.54) is 6.07 Å². The molecule has 1 unspecified atom stereocenters. The molecule has 2 aromatic carbocycles. The molecular formula is C24H25FN2O2S. The molecule has 0 amide bonds. The molecule has 2 aromatic rings. The number of ketones is 1. The van der Waals surface area contributed by atoms with Crippen molar-refractivity contribution < 1.29 is 13.4 Å². The van der Waals surface area contributed by atoms with E-state index in [1.807, 2.05) is 18.2 Å². The number of nitriles is 1. The monoisotopic (exact) mass is 424 g/mol. The summed E-state index contributed by atoms with van der Waals surface area (Å²) in [7, 11) is -1.05. The van der Waals surface area contributed by atoms with Gasteiger partial charge in [0.1, 0.15) is 5.82 Å². The first-order valence-electron chi connectivity index (χ1n) is 10.3. The number of halogens is 1. The number of nitrogens with zero attached hydrogens (tertiary/aromatic N) is 1. The molecule has 2 aliphatic rings. The predicted molar refractivity (Wildman–Crippen MR) is 115 cm³/mol. The van der Waals surface area contributed by atoms with E-state index in [4.69, 9.17) is 0 Å². The molecule has 1 saturated heterocycles. The van der Waals surface area contributed by atoms with Crippen molar-refractivity contribution in [2.24, 2.45) is 11.8 Å². The minimum absolute atomic E-state index is 0.0826. The second-order valence-corrected chi connectivity index (χ2v) is 9.78. The van der Waals surface area contributed by atoms with Crippen LogP contribution in [0.3, 0.4) is 0 Å². The Morgan fingerprint density at radius 2 is 1.97 bits per heavy atom. The van der Waals surface area contributed by atoms with Crippen molar-refractivity contribution in [3.8, 4) is 17.2 Å². The van der Waals surface area contributed by atoms with Crippen LogP contribution in [0.1, 0.15) is 31.2 Å². The standard InChI is InChI=1S/C24H25FN2O2S/c1-30(29)21-8-5-16(6-9-21)17-2-3-18(22(25)13-17)10-15(14-26)11-23(28)24-19-4-7-20(12-19)27-24/h2-3,5-6,8-9,13,15,19-20,24,27H,4,7,10-12H2,1H3/t15-,19+,20-,24+,30?/m1/s1. The normalized spacial score (nSPS) is 24.4. The van der Waals surface area contributed by atoms with Gasteiger partial charge in [-0.1, -0.05) is 24.3 Å². The smallest absolute Gasteiger partial charge is 0.151 e. The molecule has 2 bridgehead atoms. The molecule has 1 aliphatic carbocycles. The Morgan fingerprint density at radius 1 is 1.23 bits per heavy atom. The summed E-state index contributed by atoms with van der Waals surface area (Å²) < 4.78 is 26.3. The number of benzene rings is 2. The minimum Gasteiger partial charge on any atom is -0.304 e. The van der Waals surface area contributed by atoms with Crippen LogP contribution >= 0.6 is 0 Å². The van der Waals surface area contributed by atoms with Crippen molar-refractivity contribution in [3.63, 3.8) is 0 Å². The summed E-state index contributed by atoms with van der Waals surface area (Å²) in [5, 5.41) is 12.9. The average Bonchev–Trinajstić information content (AvgIpc) is 3.38. The molecule has 6 heteroatoms. The zero-order valence-corrected chi connectivity index (χ0v) is 17.8. The number of fused-ring (bicyclic) bond motifs is 2. The van der Waals surface area contributed by atoms with Crippen LogP contribution in [0.5, 0.6) is 0 Å². The van der Waals surface area contributed by atoms with Crippen molar-refractivity contribution in [2.45, 2.75) is 49.1 Å². The topological polar surface area (TPSA) is 70.0 Å². The Labute approximate surface area is 178 Å². The first kappa shape index (κ1) is 20.9. The van der Waals surface area contributed by atoms with Gasteiger partial charge in [0, 0.05) is 34.4 Å². The fourth-order valence-electron chi connectivity index (χ4n) is 4.75. The zero-order valence-electron chi connectivity index (χ0n) is 16.9. The maximum absolute atomic E-state index is 14.7. The van der Waals surface area contributed by atoms with Gasteiger partial charge in [-0.25, -0.2) is 4.39 Å². The summed E-state index contributed by atoms with van der Waals surface area (Å²) in [6.07, 6.45) is 5.27. The molecule has 30 heavy (non-hydrogen) atoms. The lowest BCUT2D eigenvalue weighted by Gasteiger charge is -2.22. The van der Waals surface area contributed by atoms with E-state index in [1.54, 1.807) is 24.5 Å². The molecule has 4 nitrogen and oxygen atoms in total. The number of piperidine rings is 1. The van der Waals surface area contributed by atoms with E-state index in [0.29, 0.717) is 17.5 Å². The quantitative estimate of drug-likeness (QED) is 0.729. The Balaban J connectivity index is 1.42. The molecular weight excluding hydrogens is 399 g/mol. The third-order valence-corrected chi connectivity index (χ3v) is 7.31. The summed E-state index contributed by atoms with van der Waals surface area (Å²) in [5.74, 6) is -0.424.